The number of benzene rings is 1. The van der Waals surface area contributed by atoms with E-state index in [4.69, 9.17) is 11.6 Å². The fraction of sp³-hybridized carbons (Fsp3) is 0.273. The highest BCUT2D eigenvalue weighted by atomic mass is 35.5. The first-order valence-electron chi connectivity index (χ1n) is 10.00. The third kappa shape index (κ3) is 5.84. The molecule has 0 spiro atoms. The number of pyridine rings is 1. The van der Waals surface area contributed by atoms with E-state index in [0.29, 0.717) is 26.6 Å². The van der Waals surface area contributed by atoms with Gasteiger partial charge in [0.05, 0.1) is 5.69 Å². The molecule has 9 heteroatoms. The second-order valence-electron chi connectivity index (χ2n) is 7.20. The molecule has 6 nitrogen and oxygen atoms in total. The van der Waals surface area contributed by atoms with E-state index in [-0.39, 0.29) is 11.7 Å². The van der Waals surface area contributed by atoms with E-state index < -0.39 is 6.03 Å². The smallest absolute Gasteiger partial charge is 0.308 e. The number of halogens is 1. The maximum Gasteiger partial charge on any atom is 0.325 e. The molecule has 3 aromatic rings. The highest BCUT2D eigenvalue weighted by Gasteiger charge is 2.25. The minimum Gasteiger partial charge on any atom is -0.308 e. The van der Waals surface area contributed by atoms with Crippen LogP contribution in [-0.2, 0) is 5.75 Å². The Labute approximate surface area is 193 Å². The van der Waals surface area contributed by atoms with Gasteiger partial charge < -0.3 is 5.32 Å². The van der Waals surface area contributed by atoms with Crippen molar-refractivity contribution >= 4 is 57.3 Å². The van der Waals surface area contributed by atoms with Crippen LogP contribution in [0.5, 0.6) is 0 Å². The van der Waals surface area contributed by atoms with Crippen molar-refractivity contribution in [2.75, 3.05) is 10.6 Å². The van der Waals surface area contributed by atoms with Crippen molar-refractivity contribution in [1.82, 2.24) is 9.97 Å². The Kier molecular flexibility index (Phi) is 7.21. The molecular weight excluding hydrogens is 452 g/mol. The summed E-state index contributed by atoms with van der Waals surface area (Å²) in [5.41, 5.74) is 1.63. The normalized spacial score (nSPS) is 13.8. The van der Waals surface area contributed by atoms with Crippen LogP contribution in [0, 0.1) is 5.92 Å². The Morgan fingerprint density at radius 2 is 1.90 bits per heavy atom. The highest BCUT2D eigenvalue weighted by molar-refractivity contribution is 7.98. The lowest BCUT2D eigenvalue weighted by Gasteiger charge is -2.09. The summed E-state index contributed by atoms with van der Waals surface area (Å²) in [6.07, 6.45) is 5.53. The molecule has 0 atom stereocenters. The van der Waals surface area contributed by atoms with Crippen molar-refractivity contribution in [3.05, 3.63) is 64.4 Å². The summed E-state index contributed by atoms with van der Waals surface area (Å²) < 4.78 is 0.548. The third-order valence-corrected chi connectivity index (χ3v) is 7.26. The van der Waals surface area contributed by atoms with Crippen LogP contribution in [0.2, 0.25) is 4.34 Å². The van der Waals surface area contributed by atoms with Crippen molar-refractivity contribution in [1.29, 1.82) is 0 Å². The van der Waals surface area contributed by atoms with E-state index >= 15 is 0 Å². The number of thiazole rings is 1. The lowest BCUT2D eigenvalue weighted by molar-refractivity contribution is 0.0917. The first-order valence-corrected chi connectivity index (χ1v) is 12.2. The molecule has 2 N–H and O–H groups in total. The van der Waals surface area contributed by atoms with Crippen LogP contribution in [0.4, 0.5) is 15.6 Å². The van der Waals surface area contributed by atoms with Crippen molar-refractivity contribution in [3.8, 4) is 0 Å². The lowest BCUT2D eigenvalue weighted by atomic mass is 9.99. The first-order chi connectivity index (χ1) is 15.1. The molecule has 1 aliphatic carbocycles. The van der Waals surface area contributed by atoms with E-state index in [1.807, 2.05) is 30.3 Å². The maximum absolute atomic E-state index is 12.6. The van der Waals surface area contributed by atoms with Gasteiger partial charge in [-0.05, 0) is 37.1 Å². The van der Waals surface area contributed by atoms with Gasteiger partial charge in [0.15, 0.2) is 10.9 Å². The van der Waals surface area contributed by atoms with Crippen molar-refractivity contribution < 1.29 is 9.59 Å². The summed E-state index contributed by atoms with van der Waals surface area (Å²) in [5, 5.41) is 5.87. The summed E-state index contributed by atoms with van der Waals surface area (Å²) in [4.78, 5) is 34.7. The number of nitrogens with one attached hydrogen (secondary N) is 2. The zero-order valence-corrected chi connectivity index (χ0v) is 19.0. The maximum atomic E-state index is 12.6. The number of anilines is 2. The summed E-state index contributed by atoms with van der Waals surface area (Å²) in [5.74, 6) is 0.703. The summed E-state index contributed by atoms with van der Waals surface area (Å²) in [6, 6.07) is 12.8. The van der Waals surface area contributed by atoms with Crippen LogP contribution in [0.15, 0.2) is 53.6 Å². The van der Waals surface area contributed by atoms with Gasteiger partial charge in [-0.25, -0.2) is 9.78 Å². The molecule has 0 bridgehead atoms. The van der Waals surface area contributed by atoms with Crippen LogP contribution >= 0.6 is 34.7 Å². The second kappa shape index (κ2) is 10.3. The van der Waals surface area contributed by atoms with Gasteiger partial charge in [-0.2, -0.15) is 0 Å². The van der Waals surface area contributed by atoms with Crippen LogP contribution in [-0.4, -0.2) is 21.8 Å². The van der Waals surface area contributed by atoms with Crippen molar-refractivity contribution in [2.24, 2.45) is 5.92 Å². The molecule has 2 aromatic heterocycles. The van der Waals surface area contributed by atoms with E-state index in [2.05, 4.69) is 20.6 Å². The predicted molar refractivity (Wildman–Crippen MR) is 126 cm³/mol. The number of hydrogen-bond donors (Lipinski definition) is 2. The number of nitrogens with zero attached hydrogens (tertiary/aromatic N) is 2. The monoisotopic (exact) mass is 472 g/mol. The lowest BCUT2D eigenvalue weighted by Crippen LogP contribution is -2.20. The SMILES string of the molecule is O=C(Nc1ccnc(C(=O)C2CCCC2)c1)Nc1nc(CSc2ccccc2)c(Cl)s1. The molecule has 0 unspecified atom stereocenters. The predicted octanol–water partition coefficient (Wildman–Crippen LogP) is 6.50. The molecular formula is C22H21ClN4O2S2. The molecule has 160 valence electrons. The number of thioether (sulfide) groups is 1. The van der Waals surface area contributed by atoms with Crippen LogP contribution < -0.4 is 10.6 Å². The van der Waals surface area contributed by atoms with Gasteiger partial charge in [0.2, 0.25) is 0 Å². The van der Waals surface area contributed by atoms with Gasteiger partial charge >= 0.3 is 6.03 Å². The van der Waals surface area contributed by atoms with Crippen molar-refractivity contribution in [3.63, 3.8) is 0 Å². The topological polar surface area (TPSA) is 84.0 Å². The zero-order valence-electron chi connectivity index (χ0n) is 16.6. The molecule has 2 heterocycles. The molecule has 31 heavy (non-hydrogen) atoms. The fourth-order valence-electron chi connectivity index (χ4n) is 3.44. The van der Waals surface area contributed by atoms with Gasteiger partial charge in [0, 0.05) is 28.5 Å². The van der Waals surface area contributed by atoms with E-state index in [9.17, 15) is 9.59 Å². The van der Waals surface area contributed by atoms with E-state index in [1.165, 1.54) is 17.5 Å². The number of hydrogen-bond acceptors (Lipinski definition) is 6. The van der Waals surface area contributed by atoms with Gasteiger partial charge in [0.25, 0.3) is 0 Å². The molecule has 1 aliphatic rings. The molecule has 1 saturated carbocycles. The second-order valence-corrected chi connectivity index (χ2v) is 9.85. The molecule has 1 aromatic carbocycles. The van der Waals surface area contributed by atoms with Gasteiger partial charge in [-0.15, -0.1) is 11.8 Å². The van der Waals surface area contributed by atoms with Crippen LogP contribution in [0.1, 0.15) is 41.9 Å². The number of rotatable bonds is 7. The average molecular weight is 473 g/mol. The minimum atomic E-state index is -0.446. The Bertz CT molecular complexity index is 1070. The molecule has 0 saturated heterocycles. The Morgan fingerprint density at radius 3 is 2.68 bits per heavy atom. The van der Waals surface area contributed by atoms with Crippen LogP contribution in [0.25, 0.3) is 0 Å². The highest BCUT2D eigenvalue weighted by Crippen LogP contribution is 2.33. The number of carbonyl (C=O) groups is 2. The van der Waals surface area contributed by atoms with Crippen LogP contribution in [0.3, 0.4) is 0 Å². The minimum absolute atomic E-state index is 0.0428. The van der Waals surface area contributed by atoms with Gasteiger partial charge in [-0.3, -0.25) is 15.1 Å². The molecule has 0 aliphatic heterocycles. The number of urea groups is 1. The molecule has 0 radical (unpaired) electrons. The Morgan fingerprint density at radius 1 is 1.13 bits per heavy atom. The van der Waals surface area contributed by atoms with E-state index in [0.717, 1.165) is 36.3 Å². The van der Waals surface area contributed by atoms with Crippen molar-refractivity contribution in [2.45, 2.75) is 36.3 Å². The average Bonchev–Trinajstić information content (AvgIpc) is 3.42. The molecule has 4 rings (SSSR count). The summed E-state index contributed by atoms with van der Waals surface area (Å²) in [7, 11) is 0. The first kappa shape index (κ1) is 21.8. The number of aromatic nitrogens is 2. The Hall–Kier alpha value is -2.42. The number of ketones is 1. The summed E-state index contributed by atoms with van der Waals surface area (Å²) in [6.45, 7) is 0. The zero-order chi connectivity index (χ0) is 21.6. The number of Topliss-reactive ketones (excluding diaryl/α,β-unsaturated/α-hetero) is 1. The number of carbonyl (C=O) groups excluding carboxylic acids is 2. The summed E-state index contributed by atoms with van der Waals surface area (Å²) >= 11 is 9.14. The van der Waals surface area contributed by atoms with Gasteiger partial charge in [-0.1, -0.05) is 54.0 Å². The largest absolute Gasteiger partial charge is 0.325 e. The molecule has 1 fully saturated rings. The fourth-order valence-corrected chi connectivity index (χ4v) is 5.51. The third-order valence-electron chi connectivity index (χ3n) is 4.99. The Balaban J connectivity index is 1.34. The van der Waals surface area contributed by atoms with E-state index in [1.54, 1.807) is 23.9 Å². The standard InChI is InChI=1S/C22H21ClN4O2S2/c23-20-18(13-30-16-8-2-1-3-9-16)26-22(31-20)27-21(29)25-15-10-11-24-17(12-15)19(28)14-6-4-5-7-14/h1-3,8-12,14H,4-7,13H2,(H2,24,25,26,27,29). The van der Waals surface area contributed by atoms with Gasteiger partial charge in [0.1, 0.15) is 10.0 Å². The quantitative estimate of drug-likeness (QED) is 0.303. The molecule has 2 amide bonds. The number of amides is 2.